The highest BCUT2D eigenvalue weighted by Crippen LogP contribution is 2.31. The van der Waals surface area contributed by atoms with Gasteiger partial charge in [-0.15, -0.1) is 11.3 Å². The fraction of sp³-hybridized carbons (Fsp3) is 0.167. The van der Waals surface area contributed by atoms with Crippen LogP contribution in [0.15, 0.2) is 42.5 Å². The van der Waals surface area contributed by atoms with Crippen molar-refractivity contribution in [2.75, 3.05) is 6.54 Å². The van der Waals surface area contributed by atoms with Gasteiger partial charge >= 0.3 is 0 Å². The monoisotopic (exact) mass is 237 g/mol. The molecule has 0 amide bonds. The van der Waals surface area contributed by atoms with Crippen LogP contribution in [0.5, 0.6) is 0 Å². The van der Waals surface area contributed by atoms with Gasteiger partial charge < -0.3 is 5.73 Å². The average molecular weight is 238 g/mol. The van der Waals surface area contributed by atoms with Gasteiger partial charge in [0.15, 0.2) is 0 Å². The van der Waals surface area contributed by atoms with Gasteiger partial charge in [-0.2, -0.15) is 0 Å². The Morgan fingerprint density at radius 3 is 2.40 bits per heavy atom. The summed E-state index contributed by atoms with van der Waals surface area (Å²) in [5.74, 6) is 0.267. The molecule has 2 aromatic rings. The van der Waals surface area contributed by atoms with Crippen LogP contribution >= 0.6 is 22.9 Å². The summed E-state index contributed by atoms with van der Waals surface area (Å²) in [7, 11) is 0. The van der Waals surface area contributed by atoms with Gasteiger partial charge in [0, 0.05) is 17.3 Å². The SMILES string of the molecule is NCC(c1ccccc1)c1ccc(Cl)s1. The number of hydrogen-bond donors (Lipinski definition) is 1. The average Bonchev–Trinajstić information content (AvgIpc) is 2.68. The minimum Gasteiger partial charge on any atom is -0.329 e. The summed E-state index contributed by atoms with van der Waals surface area (Å²) in [6, 6.07) is 14.3. The summed E-state index contributed by atoms with van der Waals surface area (Å²) in [6.07, 6.45) is 0. The van der Waals surface area contributed by atoms with Crippen LogP contribution in [0.25, 0.3) is 0 Å². The lowest BCUT2D eigenvalue weighted by molar-refractivity contribution is 0.836. The van der Waals surface area contributed by atoms with Gasteiger partial charge in [0.05, 0.1) is 4.34 Å². The first-order chi connectivity index (χ1) is 7.31. The Labute approximate surface area is 98.5 Å². The summed E-state index contributed by atoms with van der Waals surface area (Å²) in [4.78, 5) is 1.23. The minimum absolute atomic E-state index is 0.267. The molecule has 0 bridgehead atoms. The summed E-state index contributed by atoms with van der Waals surface area (Å²) in [5, 5.41) is 0. The predicted molar refractivity (Wildman–Crippen MR) is 66.7 cm³/mol. The highest BCUT2D eigenvalue weighted by molar-refractivity contribution is 7.16. The fourth-order valence-corrected chi connectivity index (χ4v) is 2.82. The first-order valence-corrected chi connectivity index (χ1v) is 6.01. The molecule has 3 heteroatoms. The molecule has 1 heterocycles. The van der Waals surface area contributed by atoms with Crippen LogP contribution in [0.3, 0.4) is 0 Å². The summed E-state index contributed by atoms with van der Waals surface area (Å²) in [5.41, 5.74) is 7.06. The molecule has 2 N–H and O–H groups in total. The Bertz CT molecular complexity index is 424. The van der Waals surface area contributed by atoms with Crippen molar-refractivity contribution in [3.63, 3.8) is 0 Å². The molecule has 78 valence electrons. The van der Waals surface area contributed by atoms with Crippen LogP contribution < -0.4 is 5.73 Å². The molecule has 1 aromatic carbocycles. The molecular weight excluding hydrogens is 226 g/mol. The normalized spacial score (nSPS) is 12.7. The second-order valence-corrected chi connectivity index (χ2v) is 5.09. The van der Waals surface area contributed by atoms with E-state index in [1.807, 2.05) is 24.3 Å². The van der Waals surface area contributed by atoms with Crippen molar-refractivity contribution >= 4 is 22.9 Å². The minimum atomic E-state index is 0.267. The van der Waals surface area contributed by atoms with Gasteiger partial charge in [-0.05, 0) is 17.7 Å². The molecule has 15 heavy (non-hydrogen) atoms. The van der Waals surface area contributed by atoms with E-state index in [9.17, 15) is 0 Å². The Kier molecular flexibility index (Phi) is 3.41. The van der Waals surface area contributed by atoms with Crippen molar-refractivity contribution < 1.29 is 0 Å². The third kappa shape index (κ3) is 2.40. The number of hydrogen-bond acceptors (Lipinski definition) is 2. The zero-order valence-corrected chi connectivity index (χ0v) is 9.76. The second-order valence-electron chi connectivity index (χ2n) is 3.34. The quantitative estimate of drug-likeness (QED) is 0.869. The Morgan fingerprint density at radius 1 is 1.13 bits per heavy atom. The Morgan fingerprint density at radius 2 is 1.87 bits per heavy atom. The van der Waals surface area contributed by atoms with E-state index in [4.69, 9.17) is 17.3 Å². The number of nitrogens with two attached hydrogens (primary N) is 1. The molecule has 0 saturated heterocycles. The molecule has 0 radical (unpaired) electrons. The van der Waals surface area contributed by atoms with E-state index in [-0.39, 0.29) is 5.92 Å². The maximum absolute atomic E-state index is 5.93. The van der Waals surface area contributed by atoms with E-state index in [1.165, 1.54) is 10.4 Å². The summed E-state index contributed by atoms with van der Waals surface area (Å²) in [6.45, 7) is 0.612. The van der Waals surface area contributed by atoms with E-state index >= 15 is 0 Å². The lowest BCUT2D eigenvalue weighted by Crippen LogP contribution is -2.12. The first kappa shape index (κ1) is 10.7. The molecule has 0 fully saturated rings. The molecule has 1 unspecified atom stereocenters. The zero-order chi connectivity index (χ0) is 10.7. The molecule has 0 aliphatic carbocycles. The number of thiophene rings is 1. The van der Waals surface area contributed by atoms with Crippen molar-refractivity contribution in [3.8, 4) is 0 Å². The van der Waals surface area contributed by atoms with Gasteiger partial charge in [0.2, 0.25) is 0 Å². The summed E-state index contributed by atoms with van der Waals surface area (Å²) >= 11 is 7.53. The predicted octanol–water partition coefficient (Wildman–Crippen LogP) is 3.49. The van der Waals surface area contributed by atoms with Gasteiger partial charge in [-0.25, -0.2) is 0 Å². The van der Waals surface area contributed by atoms with Crippen LogP contribution in [0.1, 0.15) is 16.4 Å². The van der Waals surface area contributed by atoms with Crippen molar-refractivity contribution in [1.29, 1.82) is 0 Å². The van der Waals surface area contributed by atoms with Gasteiger partial charge in [-0.3, -0.25) is 0 Å². The molecule has 1 nitrogen and oxygen atoms in total. The molecular formula is C12H12ClNS. The molecule has 1 aromatic heterocycles. The maximum Gasteiger partial charge on any atom is 0.0931 e. The third-order valence-electron chi connectivity index (χ3n) is 2.38. The van der Waals surface area contributed by atoms with E-state index in [0.29, 0.717) is 6.54 Å². The van der Waals surface area contributed by atoms with Crippen molar-refractivity contribution in [2.45, 2.75) is 5.92 Å². The van der Waals surface area contributed by atoms with E-state index in [2.05, 4.69) is 18.2 Å². The fourth-order valence-electron chi connectivity index (χ4n) is 1.62. The van der Waals surface area contributed by atoms with Crippen LogP contribution in [0, 0.1) is 0 Å². The first-order valence-electron chi connectivity index (χ1n) is 4.81. The lowest BCUT2D eigenvalue weighted by atomic mass is 9.98. The van der Waals surface area contributed by atoms with E-state index < -0.39 is 0 Å². The largest absolute Gasteiger partial charge is 0.329 e. The number of benzene rings is 1. The van der Waals surface area contributed by atoms with E-state index in [1.54, 1.807) is 11.3 Å². The van der Waals surface area contributed by atoms with Gasteiger partial charge in [-0.1, -0.05) is 41.9 Å². The number of halogens is 1. The standard InChI is InChI=1S/C12H12ClNS/c13-12-7-6-11(15-12)10(8-14)9-4-2-1-3-5-9/h1-7,10H,8,14H2. The lowest BCUT2D eigenvalue weighted by Gasteiger charge is -2.12. The van der Waals surface area contributed by atoms with Crippen molar-refractivity contribution in [1.82, 2.24) is 0 Å². The smallest absolute Gasteiger partial charge is 0.0931 e. The zero-order valence-electron chi connectivity index (χ0n) is 8.19. The highest BCUT2D eigenvalue weighted by atomic mass is 35.5. The maximum atomic E-state index is 5.93. The molecule has 0 spiro atoms. The summed E-state index contributed by atoms with van der Waals surface area (Å²) < 4.78 is 0.819. The molecule has 2 rings (SSSR count). The Balaban J connectivity index is 2.33. The van der Waals surface area contributed by atoms with Crippen molar-refractivity contribution in [2.24, 2.45) is 5.73 Å². The molecule has 0 aliphatic rings. The Hall–Kier alpha value is -0.830. The molecule has 0 saturated carbocycles. The topological polar surface area (TPSA) is 26.0 Å². The van der Waals surface area contributed by atoms with Crippen LogP contribution in [-0.4, -0.2) is 6.54 Å². The van der Waals surface area contributed by atoms with Crippen LogP contribution in [-0.2, 0) is 0 Å². The van der Waals surface area contributed by atoms with Gasteiger partial charge in [0.25, 0.3) is 0 Å². The van der Waals surface area contributed by atoms with Crippen molar-refractivity contribution in [3.05, 3.63) is 57.2 Å². The third-order valence-corrected chi connectivity index (χ3v) is 3.72. The molecule has 1 atom stereocenters. The highest BCUT2D eigenvalue weighted by Gasteiger charge is 2.13. The molecule has 0 aliphatic heterocycles. The van der Waals surface area contributed by atoms with Crippen LogP contribution in [0.4, 0.5) is 0 Å². The van der Waals surface area contributed by atoms with Gasteiger partial charge in [0.1, 0.15) is 0 Å². The van der Waals surface area contributed by atoms with E-state index in [0.717, 1.165) is 4.34 Å². The second kappa shape index (κ2) is 4.79. The number of rotatable bonds is 3. The van der Waals surface area contributed by atoms with Crippen LogP contribution in [0.2, 0.25) is 4.34 Å².